The van der Waals surface area contributed by atoms with Crippen molar-refractivity contribution in [2.24, 2.45) is 5.92 Å². The van der Waals surface area contributed by atoms with E-state index in [0.29, 0.717) is 17.3 Å². The van der Waals surface area contributed by atoms with Crippen LogP contribution in [0.2, 0.25) is 0 Å². The van der Waals surface area contributed by atoms with Gasteiger partial charge in [0, 0.05) is 5.39 Å². The third kappa shape index (κ3) is 4.25. The normalized spacial score (nSPS) is 12.2. The summed E-state index contributed by atoms with van der Waals surface area (Å²) in [7, 11) is 3.22. The Labute approximate surface area is 159 Å². The molecule has 0 radical (unpaired) electrons. The largest absolute Gasteiger partial charge is 0.497 e. The van der Waals surface area contributed by atoms with Crippen molar-refractivity contribution in [1.82, 2.24) is 5.32 Å². The molecule has 2 aromatic carbocycles. The molecule has 1 amide bonds. The van der Waals surface area contributed by atoms with Gasteiger partial charge in [-0.25, -0.2) is 0 Å². The molecular weight excluding hydrogens is 342 g/mol. The fourth-order valence-electron chi connectivity index (χ4n) is 3.12. The highest BCUT2D eigenvalue weighted by atomic mass is 16.5. The van der Waals surface area contributed by atoms with Crippen LogP contribution in [0.25, 0.3) is 11.0 Å². The number of amides is 1. The zero-order valence-corrected chi connectivity index (χ0v) is 16.1. The summed E-state index contributed by atoms with van der Waals surface area (Å²) >= 11 is 0. The molecule has 0 aliphatic carbocycles. The van der Waals surface area contributed by atoms with E-state index in [4.69, 9.17) is 13.9 Å². The van der Waals surface area contributed by atoms with Crippen LogP contribution < -0.4 is 14.8 Å². The Hall–Kier alpha value is -2.95. The van der Waals surface area contributed by atoms with Crippen molar-refractivity contribution in [3.8, 4) is 11.5 Å². The predicted octanol–water partition coefficient (Wildman–Crippen LogP) is 4.97. The van der Waals surface area contributed by atoms with Crippen LogP contribution in [-0.2, 0) is 0 Å². The molecule has 5 nitrogen and oxygen atoms in total. The number of rotatable bonds is 7. The Morgan fingerprint density at radius 1 is 1.07 bits per heavy atom. The number of ether oxygens (including phenoxy) is 2. The van der Waals surface area contributed by atoms with E-state index in [1.807, 2.05) is 42.5 Å². The molecule has 0 aliphatic heterocycles. The summed E-state index contributed by atoms with van der Waals surface area (Å²) in [6.07, 6.45) is 0.821. The maximum Gasteiger partial charge on any atom is 0.287 e. The first-order valence-electron chi connectivity index (χ1n) is 9.03. The van der Waals surface area contributed by atoms with Gasteiger partial charge in [-0.15, -0.1) is 0 Å². The van der Waals surface area contributed by atoms with Crippen molar-refractivity contribution < 1.29 is 18.7 Å². The first-order valence-corrected chi connectivity index (χ1v) is 9.03. The smallest absolute Gasteiger partial charge is 0.287 e. The maximum absolute atomic E-state index is 12.8. The third-order valence-electron chi connectivity index (χ3n) is 4.48. The Morgan fingerprint density at radius 2 is 1.81 bits per heavy atom. The molecule has 3 aromatic rings. The number of methoxy groups -OCH3 is 2. The summed E-state index contributed by atoms with van der Waals surface area (Å²) in [5.41, 5.74) is 1.61. The van der Waals surface area contributed by atoms with Crippen LogP contribution in [0.1, 0.15) is 42.4 Å². The fourth-order valence-corrected chi connectivity index (χ4v) is 3.12. The lowest BCUT2D eigenvalue weighted by atomic mass is 9.96. The van der Waals surface area contributed by atoms with Crippen LogP contribution in [0.15, 0.2) is 52.9 Å². The second-order valence-electron chi connectivity index (χ2n) is 6.92. The molecule has 0 saturated heterocycles. The Balaban J connectivity index is 1.85. The van der Waals surface area contributed by atoms with Crippen LogP contribution in [-0.4, -0.2) is 20.1 Å². The van der Waals surface area contributed by atoms with Gasteiger partial charge in [-0.3, -0.25) is 4.79 Å². The van der Waals surface area contributed by atoms with Crippen LogP contribution in [0.5, 0.6) is 11.5 Å². The van der Waals surface area contributed by atoms with Crippen LogP contribution >= 0.6 is 0 Å². The average molecular weight is 367 g/mol. The lowest BCUT2D eigenvalue weighted by Gasteiger charge is -2.21. The molecule has 3 rings (SSSR count). The first kappa shape index (κ1) is 18.8. The maximum atomic E-state index is 12.8. The van der Waals surface area contributed by atoms with Gasteiger partial charge < -0.3 is 19.2 Å². The van der Waals surface area contributed by atoms with Gasteiger partial charge in [0.2, 0.25) is 0 Å². The van der Waals surface area contributed by atoms with Gasteiger partial charge in [0.1, 0.15) is 5.75 Å². The molecule has 0 unspecified atom stereocenters. The molecule has 0 aliphatic rings. The molecule has 5 heteroatoms. The van der Waals surface area contributed by atoms with Gasteiger partial charge >= 0.3 is 0 Å². The number of carbonyl (C=O) groups is 1. The highest BCUT2D eigenvalue weighted by molar-refractivity contribution is 5.97. The minimum absolute atomic E-state index is 0.112. The van der Waals surface area contributed by atoms with E-state index in [2.05, 4.69) is 19.2 Å². The highest BCUT2D eigenvalue weighted by Gasteiger charge is 2.20. The molecular formula is C22H25NO4. The molecule has 1 heterocycles. The van der Waals surface area contributed by atoms with Crippen LogP contribution in [0, 0.1) is 5.92 Å². The van der Waals surface area contributed by atoms with Gasteiger partial charge in [0.25, 0.3) is 5.91 Å². The van der Waals surface area contributed by atoms with Gasteiger partial charge in [-0.2, -0.15) is 0 Å². The number of hydrogen-bond donors (Lipinski definition) is 1. The third-order valence-corrected chi connectivity index (χ3v) is 4.48. The number of nitrogens with one attached hydrogen (secondary N) is 1. The monoisotopic (exact) mass is 367 g/mol. The quantitative estimate of drug-likeness (QED) is 0.641. The first-order chi connectivity index (χ1) is 13.0. The van der Waals surface area contributed by atoms with Crippen molar-refractivity contribution in [3.05, 3.63) is 59.9 Å². The minimum atomic E-state index is -0.241. The van der Waals surface area contributed by atoms with Crippen molar-refractivity contribution in [3.63, 3.8) is 0 Å². The van der Waals surface area contributed by atoms with Crippen molar-refractivity contribution in [2.75, 3.05) is 14.2 Å². The van der Waals surface area contributed by atoms with Gasteiger partial charge in [0.15, 0.2) is 17.1 Å². The summed E-state index contributed by atoms with van der Waals surface area (Å²) < 4.78 is 16.3. The highest BCUT2D eigenvalue weighted by Crippen LogP contribution is 2.29. The molecule has 142 valence electrons. The molecule has 0 bridgehead atoms. The zero-order chi connectivity index (χ0) is 19.4. The van der Waals surface area contributed by atoms with Gasteiger partial charge in [0.05, 0.1) is 20.3 Å². The summed E-state index contributed by atoms with van der Waals surface area (Å²) in [6.45, 7) is 4.27. The fraction of sp³-hybridized carbons (Fsp3) is 0.318. The van der Waals surface area contributed by atoms with E-state index in [1.54, 1.807) is 20.3 Å². The van der Waals surface area contributed by atoms with E-state index in [9.17, 15) is 4.79 Å². The predicted molar refractivity (Wildman–Crippen MR) is 105 cm³/mol. The molecule has 0 saturated carbocycles. The summed E-state index contributed by atoms with van der Waals surface area (Å²) in [5.74, 6) is 1.86. The number of para-hydroxylation sites is 1. The Morgan fingerprint density at radius 3 is 2.44 bits per heavy atom. The van der Waals surface area contributed by atoms with E-state index in [0.717, 1.165) is 23.1 Å². The molecule has 0 fully saturated rings. The summed E-state index contributed by atoms with van der Waals surface area (Å²) in [6, 6.07) is 15.0. The van der Waals surface area contributed by atoms with Crippen molar-refractivity contribution >= 4 is 16.9 Å². The lowest BCUT2D eigenvalue weighted by Crippen LogP contribution is -2.29. The summed E-state index contributed by atoms with van der Waals surface area (Å²) in [4.78, 5) is 12.8. The second-order valence-corrected chi connectivity index (χ2v) is 6.92. The zero-order valence-electron chi connectivity index (χ0n) is 16.1. The second kappa shape index (κ2) is 8.16. The topological polar surface area (TPSA) is 60.7 Å². The molecule has 1 atom stereocenters. The standard InChI is InChI=1S/C22H25NO4/c1-14(2)12-18(15-8-10-17(25-3)11-9-15)23-22(24)20-13-16-6-5-7-19(26-4)21(16)27-20/h5-11,13-14,18H,12H2,1-4H3,(H,23,24)/t18-/m1/s1. The average Bonchev–Trinajstić information content (AvgIpc) is 3.11. The number of carbonyl (C=O) groups excluding carboxylic acids is 1. The SMILES string of the molecule is COc1ccc([C@@H](CC(C)C)NC(=O)c2cc3cccc(OC)c3o2)cc1. The number of fused-ring (bicyclic) bond motifs is 1. The van der Waals surface area contributed by atoms with E-state index >= 15 is 0 Å². The van der Waals surface area contributed by atoms with Crippen molar-refractivity contribution in [1.29, 1.82) is 0 Å². The Kier molecular flexibility index (Phi) is 5.69. The van der Waals surface area contributed by atoms with Gasteiger partial charge in [-0.1, -0.05) is 38.1 Å². The molecule has 1 N–H and O–H groups in total. The van der Waals surface area contributed by atoms with E-state index < -0.39 is 0 Å². The molecule has 0 spiro atoms. The molecule has 27 heavy (non-hydrogen) atoms. The van der Waals surface area contributed by atoms with E-state index in [-0.39, 0.29) is 17.7 Å². The minimum Gasteiger partial charge on any atom is -0.497 e. The van der Waals surface area contributed by atoms with Crippen LogP contribution in [0.3, 0.4) is 0 Å². The lowest BCUT2D eigenvalue weighted by molar-refractivity contribution is 0.0906. The number of benzene rings is 2. The summed E-state index contributed by atoms with van der Waals surface area (Å²) in [5, 5.41) is 3.94. The van der Waals surface area contributed by atoms with E-state index in [1.165, 1.54) is 0 Å². The molecule has 1 aromatic heterocycles. The number of furan rings is 1. The number of hydrogen-bond acceptors (Lipinski definition) is 4. The van der Waals surface area contributed by atoms with Crippen molar-refractivity contribution in [2.45, 2.75) is 26.3 Å². The van der Waals surface area contributed by atoms with Crippen LogP contribution in [0.4, 0.5) is 0 Å². The Bertz CT molecular complexity index is 912. The van der Waals surface area contributed by atoms with Gasteiger partial charge in [-0.05, 0) is 42.2 Å².